The van der Waals surface area contributed by atoms with Gasteiger partial charge in [0, 0.05) is 10.0 Å². The van der Waals surface area contributed by atoms with E-state index < -0.39 is 5.41 Å². The van der Waals surface area contributed by atoms with E-state index in [2.05, 4.69) is 22.0 Å². The van der Waals surface area contributed by atoms with E-state index >= 15 is 0 Å². The van der Waals surface area contributed by atoms with Crippen LogP contribution in [0.3, 0.4) is 0 Å². The van der Waals surface area contributed by atoms with Crippen LogP contribution in [0.15, 0.2) is 16.6 Å². The van der Waals surface area contributed by atoms with Crippen LogP contribution >= 0.6 is 15.9 Å². The zero-order valence-electron chi connectivity index (χ0n) is 8.84. The number of hydrogen-bond acceptors (Lipinski definition) is 3. The number of phenols is 1. The van der Waals surface area contributed by atoms with E-state index in [1.54, 1.807) is 26.0 Å². The van der Waals surface area contributed by atoms with Gasteiger partial charge in [-0.3, -0.25) is 0 Å². The number of nitriles is 1. The maximum Gasteiger partial charge on any atom is 0.162 e. The summed E-state index contributed by atoms with van der Waals surface area (Å²) in [4.78, 5) is 0. The largest absolute Gasteiger partial charge is 0.504 e. The van der Waals surface area contributed by atoms with Gasteiger partial charge in [-0.25, -0.2) is 0 Å². The third-order valence-electron chi connectivity index (χ3n) is 2.21. The fourth-order valence-electron chi connectivity index (χ4n) is 1.27. The molecule has 0 saturated carbocycles. The summed E-state index contributed by atoms with van der Waals surface area (Å²) >= 11 is 3.31. The molecule has 0 saturated heterocycles. The first kappa shape index (κ1) is 11.9. The lowest BCUT2D eigenvalue weighted by Gasteiger charge is -2.19. The van der Waals surface area contributed by atoms with Crippen LogP contribution in [0.4, 0.5) is 0 Å². The Bertz CT molecular complexity index is 421. The maximum atomic E-state index is 9.88. The summed E-state index contributed by atoms with van der Waals surface area (Å²) in [7, 11) is 1.48. The molecule has 0 spiro atoms. The number of phenolic OH excluding ortho intramolecular Hbond substituents is 1. The molecule has 3 nitrogen and oxygen atoms in total. The van der Waals surface area contributed by atoms with E-state index in [0.717, 1.165) is 4.47 Å². The van der Waals surface area contributed by atoms with Gasteiger partial charge in [-0.2, -0.15) is 5.26 Å². The first-order chi connectivity index (χ1) is 6.92. The van der Waals surface area contributed by atoms with Gasteiger partial charge in [0.1, 0.15) is 0 Å². The lowest BCUT2D eigenvalue weighted by Crippen LogP contribution is -2.14. The van der Waals surface area contributed by atoms with Crippen molar-refractivity contribution in [3.63, 3.8) is 0 Å². The molecule has 0 unspecified atom stereocenters. The smallest absolute Gasteiger partial charge is 0.162 e. The zero-order chi connectivity index (χ0) is 11.6. The Morgan fingerprint density at radius 1 is 1.47 bits per heavy atom. The summed E-state index contributed by atoms with van der Waals surface area (Å²) in [6.07, 6.45) is 0. The van der Waals surface area contributed by atoms with Crippen molar-refractivity contribution in [1.29, 1.82) is 5.26 Å². The van der Waals surface area contributed by atoms with E-state index in [0.29, 0.717) is 11.3 Å². The quantitative estimate of drug-likeness (QED) is 0.898. The molecule has 0 aliphatic heterocycles. The second-order valence-electron chi connectivity index (χ2n) is 3.74. The van der Waals surface area contributed by atoms with Crippen molar-refractivity contribution >= 4 is 15.9 Å². The van der Waals surface area contributed by atoms with E-state index in [9.17, 15) is 5.11 Å². The van der Waals surface area contributed by atoms with Crippen molar-refractivity contribution in [2.45, 2.75) is 19.3 Å². The van der Waals surface area contributed by atoms with E-state index in [4.69, 9.17) is 10.00 Å². The van der Waals surface area contributed by atoms with Crippen LogP contribution in [0.1, 0.15) is 19.4 Å². The monoisotopic (exact) mass is 269 g/mol. The molecular weight excluding hydrogens is 258 g/mol. The summed E-state index contributed by atoms with van der Waals surface area (Å²) in [5, 5.41) is 18.9. The van der Waals surface area contributed by atoms with Crippen LogP contribution in [0.2, 0.25) is 0 Å². The second kappa shape index (κ2) is 4.11. The number of halogens is 1. The topological polar surface area (TPSA) is 53.2 Å². The number of rotatable bonds is 2. The molecule has 1 aromatic rings. The van der Waals surface area contributed by atoms with Gasteiger partial charge in [-0.1, -0.05) is 15.9 Å². The number of ether oxygens (including phenoxy) is 1. The van der Waals surface area contributed by atoms with Gasteiger partial charge < -0.3 is 9.84 Å². The molecule has 80 valence electrons. The highest BCUT2D eigenvalue weighted by Gasteiger charge is 2.26. The first-order valence-electron chi connectivity index (χ1n) is 4.40. The zero-order valence-corrected chi connectivity index (χ0v) is 10.4. The third kappa shape index (κ3) is 2.24. The van der Waals surface area contributed by atoms with Crippen LogP contribution in [-0.2, 0) is 5.41 Å². The highest BCUT2D eigenvalue weighted by molar-refractivity contribution is 9.10. The minimum absolute atomic E-state index is 0.0206. The van der Waals surface area contributed by atoms with E-state index in [1.165, 1.54) is 7.11 Å². The van der Waals surface area contributed by atoms with Crippen LogP contribution in [0.5, 0.6) is 11.5 Å². The van der Waals surface area contributed by atoms with Crippen molar-refractivity contribution < 1.29 is 9.84 Å². The molecule has 0 fully saturated rings. The average molecular weight is 270 g/mol. The van der Waals surface area contributed by atoms with Crippen LogP contribution in [0, 0.1) is 11.3 Å². The summed E-state index contributed by atoms with van der Waals surface area (Å²) in [6.45, 7) is 3.49. The minimum Gasteiger partial charge on any atom is -0.504 e. The maximum absolute atomic E-state index is 9.88. The van der Waals surface area contributed by atoms with Crippen molar-refractivity contribution in [1.82, 2.24) is 0 Å². The normalized spacial score (nSPS) is 10.9. The number of hydrogen-bond donors (Lipinski definition) is 1. The second-order valence-corrected chi connectivity index (χ2v) is 4.66. The predicted molar refractivity (Wildman–Crippen MR) is 61.0 cm³/mol. The third-order valence-corrected chi connectivity index (χ3v) is 2.67. The highest BCUT2D eigenvalue weighted by atomic mass is 79.9. The molecule has 0 amide bonds. The lowest BCUT2D eigenvalue weighted by molar-refractivity contribution is 0.366. The van der Waals surface area contributed by atoms with Crippen LogP contribution < -0.4 is 4.74 Å². The van der Waals surface area contributed by atoms with Crippen molar-refractivity contribution in [3.05, 3.63) is 22.2 Å². The number of methoxy groups -OCH3 is 1. The fourth-order valence-corrected chi connectivity index (χ4v) is 1.70. The molecule has 1 aromatic carbocycles. The first-order valence-corrected chi connectivity index (χ1v) is 5.20. The molecule has 15 heavy (non-hydrogen) atoms. The Hall–Kier alpha value is -1.21. The van der Waals surface area contributed by atoms with Crippen LogP contribution in [-0.4, -0.2) is 12.2 Å². The average Bonchev–Trinajstić information content (AvgIpc) is 2.20. The van der Waals surface area contributed by atoms with Gasteiger partial charge in [0.15, 0.2) is 11.5 Å². The van der Waals surface area contributed by atoms with Gasteiger partial charge in [0.2, 0.25) is 0 Å². The molecule has 4 heteroatoms. The number of nitrogens with zero attached hydrogens (tertiary/aromatic N) is 1. The van der Waals surface area contributed by atoms with Gasteiger partial charge in [-0.05, 0) is 26.0 Å². The predicted octanol–water partition coefficient (Wildman–Crippen LogP) is 2.96. The Balaban J connectivity index is 3.44. The standard InChI is InChI=1S/C11H12BrNO2/c1-11(2,6-13)8-4-7(12)5-9(15-3)10(8)14/h4-5,14H,1-3H3. The molecule has 0 aliphatic carbocycles. The number of benzene rings is 1. The SMILES string of the molecule is COc1cc(Br)cc(C(C)(C)C#N)c1O. The molecule has 0 radical (unpaired) electrons. The summed E-state index contributed by atoms with van der Waals surface area (Å²) < 4.78 is 5.79. The van der Waals surface area contributed by atoms with Gasteiger partial charge in [0.05, 0.1) is 18.6 Å². The molecule has 0 aromatic heterocycles. The summed E-state index contributed by atoms with van der Waals surface area (Å²) in [5.74, 6) is 0.384. The van der Waals surface area contributed by atoms with Crippen LogP contribution in [0.25, 0.3) is 0 Å². The Kier molecular flexibility index (Phi) is 3.25. The minimum atomic E-state index is -0.749. The van der Waals surface area contributed by atoms with Gasteiger partial charge in [0.25, 0.3) is 0 Å². The Labute approximate surface area is 97.4 Å². The van der Waals surface area contributed by atoms with Gasteiger partial charge >= 0.3 is 0 Å². The summed E-state index contributed by atoms with van der Waals surface area (Å²) in [5.41, 5.74) is -0.197. The molecule has 0 aliphatic rings. The van der Waals surface area contributed by atoms with Gasteiger partial charge in [-0.15, -0.1) is 0 Å². The molecule has 0 heterocycles. The Morgan fingerprint density at radius 3 is 2.53 bits per heavy atom. The fraction of sp³-hybridized carbons (Fsp3) is 0.364. The number of aromatic hydroxyl groups is 1. The van der Waals surface area contributed by atoms with Crippen molar-refractivity contribution in [2.75, 3.05) is 7.11 Å². The molecule has 1 rings (SSSR count). The van der Waals surface area contributed by atoms with Crippen molar-refractivity contribution in [3.8, 4) is 17.6 Å². The molecule has 0 atom stereocenters. The Morgan fingerprint density at radius 2 is 2.07 bits per heavy atom. The van der Waals surface area contributed by atoms with E-state index in [1.807, 2.05) is 0 Å². The highest BCUT2D eigenvalue weighted by Crippen LogP contribution is 2.39. The lowest BCUT2D eigenvalue weighted by atomic mass is 9.85. The molecule has 0 bridgehead atoms. The van der Waals surface area contributed by atoms with E-state index in [-0.39, 0.29) is 5.75 Å². The van der Waals surface area contributed by atoms with Crippen molar-refractivity contribution in [2.24, 2.45) is 0 Å². The molecule has 1 N–H and O–H groups in total. The summed E-state index contributed by atoms with van der Waals surface area (Å²) in [6, 6.07) is 5.52. The molecular formula is C11H12BrNO2.